The fourth-order valence-electron chi connectivity index (χ4n) is 1.55. The predicted molar refractivity (Wildman–Crippen MR) is 71.5 cm³/mol. The lowest BCUT2D eigenvalue weighted by molar-refractivity contribution is -0.118. The Labute approximate surface area is 120 Å². The van der Waals surface area contributed by atoms with Crippen LogP contribution in [0.3, 0.4) is 0 Å². The topological polar surface area (TPSA) is 111 Å². The van der Waals surface area contributed by atoms with Crippen LogP contribution in [0, 0.1) is 5.92 Å². The first kappa shape index (κ1) is 16.1. The maximum Gasteiger partial charge on any atom is 0.263 e. The molecule has 1 rings (SSSR count). The summed E-state index contributed by atoms with van der Waals surface area (Å²) in [7, 11) is -2.42. The van der Waals surface area contributed by atoms with Crippen LogP contribution in [-0.4, -0.2) is 46.7 Å². The van der Waals surface area contributed by atoms with Gasteiger partial charge in [0.25, 0.3) is 10.0 Å². The molecule has 0 fully saturated rings. The van der Waals surface area contributed by atoms with Crippen LogP contribution in [-0.2, 0) is 21.9 Å². The number of nitrogens with two attached hydrogens (primary N) is 1. The molecule has 19 heavy (non-hydrogen) atoms. The Bertz CT molecular complexity index is 549. The van der Waals surface area contributed by atoms with Crippen LogP contribution >= 0.6 is 15.9 Å². The molecule has 0 spiro atoms. The first-order chi connectivity index (χ1) is 8.66. The molecule has 1 aromatic heterocycles. The number of halogens is 1. The van der Waals surface area contributed by atoms with Crippen LogP contribution in [0.2, 0.25) is 0 Å². The maximum atomic E-state index is 12.5. The molecule has 0 saturated heterocycles. The molecule has 0 bridgehead atoms. The molecule has 0 aliphatic heterocycles. The number of sulfonamides is 1. The van der Waals surface area contributed by atoms with Gasteiger partial charge in [-0.2, -0.15) is 4.31 Å². The Kier molecular flexibility index (Phi) is 5.04. The van der Waals surface area contributed by atoms with Crippen molar-refractivity contribution >= 4 is 31.9 Å². The molecule has 10 heteroatoms. The number of amides is 1. The standard InChI is InChI=1S/C9H16BrN5O3S/c1-6(2)4-15(5-7(11)16)19(17,18)9-8(10)12-13-14(9)3/h6H,4-5H2,1-3H3,(H2,11,16). The second-order valence-electron chi connectivity index (χ2n) is 4.47. The molecule has 8 nitrogen and oxygen atoms in total. The lowest BCUT2D eigenvalue weighted by Gasteiger charge is -2.22. The van der Waals surface area contributed by atoms with Gasteiger partial charge in [-0.25, -0.2) is 13.1 Å². The Balaban J connectivity index is 3.23. The van der Waals surface area contributed by atoms with E-state index in [1.54, 1.807) is 0 Å². The average molecular weight is 354 g/mol. The molecule has 108 valence electrons. The summed E-state index contributed by atoms with van der Waals surface area (Å²) in [6.07, 6.45) is 0. The van der Waals surface area contributed by atoms with Gasteiger partial charge in [0.05, 0.1) is 6.54 Å². The third kappa shape index (κ3) is 3.74. The predicted octanol–water partition coefficient (Wildman–Crippen LogP) is -0.290. The van der Waals surface area contributed by atoms with Crippen molar-refractivity contribution in [3.8, 4) is 0 Å². The first-order valence-corrected chi connectivity index (χ1v) is 7.73. The van der Waals surface area contributed by atoms with Crippen molar-refractivity contribution in [1.82, 2.24) is 19.3 Å². The van der Waals surface area contributed by atoms with Crippen molar-refractivity contribution in [2.75, 3.05) is 13.1 Å². The van der Waals surface area contributed by atoms with E-state index in [9.17, 15) is 13.2 Å². The van der Waals surface area contributed by atoms with Gasteiger partial charge in [-0.3, -0.25) is 4.79 Å². The highest BCUT2D eigenvalue weighted by molar-refractivity contribution is 9.10. The summed E-state index contributed by atoms with van der Waals surface area (Å²) in [5.41, 5.74) is 5.10. The average Bonchev–Trinajstić information content (AvgIpc) is 2.56. The minimum Gasteiger partial charge on any atom is -0.369 e. The van der Waals surface area contributed by atoms with E-state index >= 15 is 0 Å². The highest BCUT2D eigenvalue weighted by Gasteiger charge is 2.32. The molecule has 0 unspecified atom stereocenters. The fourth-order valence-corrected chi connectivity index (χ4v) is 4.15. The highest BCUT2D eigenvalue weighted by atomic mass is 79.9. The van der Waals surface area contributed by atoms with Crippen LogP contribution in [0.5, 0.6) is 0 Å². The van der Waals surface area contributed by atoms with Crippen molar-refractivity contribution < 1.29 is 13.2 Å². The van der Waals surface area contributed by atoms with Crippen molar-refractivity contribution in [2.24, 2.45) is 18.7 Å². The van der Waals surface area contributed by atoms with Gasteiger partial charge in [-0.15, -0.1) is 5.10 Å². The number of carbonyl (C=O) groups excluding carboxylic acids is 1. The number of carbonyl (C=O) groups is 1. The van der Waals surface area contributed by atoms with Crippen molar-refractivity contribution in [2.45, 2.75) is 18.9 Å². The number of aromatic nitrogens is 3. The van der Waals surface area contributed by atoms with E-state index in [-0.39, 0.29) is 28.6 Å². The van der Waals surface area contributed by atoms with E-state index in [0.717, 1.165) is 8.99 Å². The largest absolute Gasteiger partial charge is 0.369 e. The lowest BCUT2D eigenvalue weighted by atomic mass is 10.2. The minimum atomic E-state index is -3.89. The molecule has 1 heterocycles. The zero-order chi connectivity index (χ0) is 14.8. The van der Waals surface area contributed by atoms with E-state index in [0.29, 0.717) is 0 Å². The van der Waals surface area contributed by atoms with E-state index in [1.807, 2.05) is 13.8 Å². The smallest absolute Gasteiger partial charge is 0.263 e. The minimum absolute atomic E-state index is 0.0501. The molecule has 0 saturated carbocycles. The maximum absolute atomic E-state index is 12.5. The monoisotopic (exact) mass is 353 g/mol. The van der Waals surface area contributed by atoms with Crippen molar-refractivity contribution in [3.05, 3.63) is 4.60 Å². The SMILES string of the molecule is CC(C)CN(CC(N)=O)S(=O)(=O)c1c(Br)nnn1C. The Morgan fingerprint density at radius 1 is 1.53 bits per heavy atom. The summed E-state index contributed by atoms with van der Waals surface area (Å²) in [6.45, 7) is 3.50. The summed E-state index contributed by atoms with van der Waals surface area (Å²) in [5, 5.41) is 7.15. The molecule has 1 aromatic rings. The second-order valence-corrected chi connectivity index (χ2v) is 7.07. The Morgan fingerprint density at radius 2 is 2.11 bits per heavy atom. The van der Waals surface area contributed by atoms with Crippen molar-refractivity contribution in [3.63, 3.8) is 0 Å². The van der Waals surface area contributed by atoms with Crippen LogP contribution in [0.15, 0.2) is 9.63 Å². The summed E-state index contributed by atoms with van der Waals surface area (Å²) >= 11 is 3.04. The Hall–Kier alpha value is -1.00. The summed E-state index contributed by atoms with van der Waals surface area (Å²) < 4.78 is 27.3. The number of hydrogen-bond acceptors (Lipinski definition) is 5. The molecule has 0 atom stereocenters. The summed E-state index contributed by atoms with van der Waals surface area (Å²) in [4.78, 5) is 11.0. The molecule has 1 amide bonds. The zero-order valence-electron chi connectivity index (χ0n) is 10.9. The molecular weight excluding hydrogens is 338 g/mol. The third-order valence-electron chi connectivity index (χ3n) is 2.22. The van der Waals surface area contributed by atoms with E-state index in [2.05, 4.69) is 26.2 Å². The van der Waals surface area contributed by atoms with E-state index < -0.39 is 15.9 Å². The number of nitrogens with zero attached hydrogens (tertiary/aromatic N) is 4. The number of rotatable bonds is 6. The van der Waals surface area contributed by atoms with Crippen LogP contribution in [0.25, 0.3) is 0 Å². The van der Waals surface area contributed by atoms with Gasteiger partial charge in [-0.1, -0.05) is 19.1 Å². The molecular formula is C9H16BrN5O3S. The zero-order valence-corrected chi connectivity index (χ0v) is 13.3. The van der Waals surface area contributed by atoms with Gasteiger partial charge >= 0.3 is 0 Å². The summed E-state index contributed by atoms with van der Waals surface area (Å²) in [5.74, 6) is -0.662. The molecule has 0 radical (unpaired) electrons. The van der Waals surface area contributed by atoms with Crippen LogP contribution in [0.4, 0.5) is 0 Å². The van der Waals surface area contributed by atoms with Gasteiger partial charge in [-0.05, 0) is 21.8 Å². The fraction of sp³-hybridized carbons (Fsp3) is 0.667. The van der Waals surface area contributed by atoms with E-state index in [1.165, 1.54) is 7.05 Å². The third-order valence-corrected chi connectivity index (χ3v) is 4.92. The van der Waals surface area contributed by atoms with Crippen LogP contribution in [0.1, 0.15) is 13.8 Å². The van der Waals surface area contributed by atoms with Gasteiger partial charge < -0.3 is 5.73 Å². The van der Waals surface area contributed by atoms with Gasteiger partial charge in [0.1, 0.15) is 0 Å². The number of primary amides is 1. The number of hydrogen-bond donors (Lipinski definition) is 1. The molecule has 0 aliphatic carbocycles. The number of aryl methyl sites for hydroxylation is 1. The summed E-state index contributed by atoms with van der Waals surface area (Å²) in [6, 6.07) is 0. The van der Waals surface area contributed by atoms with Crippen molar-refractivity contribution in [1.29, 1.82) is 0 Å². The normalized spacial score (nSPS) is 12.3. The van der Waals surface area contributed by atoms with Gasteiger partial charge in [0.15, 0.2) is 4.60 Å². The Morgan fingerprint density at radius 3 is 2.47 bits per heavy atom. The molecule has 0 aliphatic rings. The lowest BCUT2D eigenvalue weighted by Crippen LogP contribution is -2.41. The van der Waals surface area contributed by atoms with E-state index in [4.69, 9.17) is 5.73 Å². The van der Waals surface area contributed by atoms with Gasteiger partial charge in [0, 0.05) is 13.6 Å². The molecule has 2 N–H and O–H groups in total. The quantitative estimate of drug-likeness (QED) is 0.755. The van der Waals surface area contributed by atoms with Gasteiger partial charge in [0.2, 0.25) is 10.9 Å². The van der Waals surface area contributed by atoms with Crippen LogP contribution < -0.4 is 5.73 Å². The highest BCUT2D eigenvalue weighted by Crippen LogP contribution is 2.22. The first-order valence-electron chi connectivity index (χ1n) is 5.50. The second kappa shape index (κ2) is 5.97. The molecule has 0 aromatic carbocycles.